The average Bonchev–Trinajstić information content (AvgIpc) is 3.07. The molecule has 3 N–H and O–H groups in total. The van der Waals surface area contributed by atoms with Crippen LogP contribution in [0.5, 0.6) is 5.75 Å². The summed E-state index contributed by atoms with van der Waals surface area (Å²) in [5.41, 5.74) is 0.919. The number of anilines is 2. The van der Waals surface area contributed by atoms with Crippen molar-refractivity contribution in [3.05, 3.63) is 53.8 Å². The Bertz CT molecular complexity index is 1350. The molecule has 4 rings (SSSR count). The average molecular weight is 655 g/mol. The van der Waals surface area contributed by atoms with E-state index in [1.54, 1.807) is 49.2 Å². The SMILES string of the molecule is C[C@H](CO)N1C[C@H](C)[C@H](CN(C)C(=O)Nc2ccccc2F)OCCCC[C@H](C)Oc2ccc(NC(=O)C3CCCCC3)cc2C1=O. The van der Waals surface area contributed by atoms with E-state index in [-0.39, 0.29) is 55.1 Å². The zero-order chi connectivity index (χ0) is 33.9. The van der Waals surface area contributed by atoms with Gasteiger partial charge < -0.3 is 35.0 Å². The molecule has 0 aromatic heterocycles. The van der Waals surface area contributed by atoms with Gasteiger partial charge in [0.2, 0.25) is 5.91 Å². The molecule has 0 radical (unpaired) electrons. The van der Waals surface area contributed by atoms with Crippen LogP contribution in [-0.2, 0) is 9.53 Å². The number of ether oxygens (including phenoxy) is 2. The molecule has 0 unspecified atom stereocenters. The number of nitrogens with zero attached hydrogens (tertiary/aromatic N) is 2. The molecule has 2 aromatic carbocycles. The maximum atomic E-state index is 14.3. The fourth-order valence-electron chi connectivity index (χ4n) is 6.20. The van der Waals surface area contributed by atoms with Crippen LogP contribution >= 0.6 is 0 Å². The van der Waals surface area contributed by atoms with Gasteiger partial charge in [-0.25, -0.2) is 9.18 Å². The smallest absolute Gasteiger partial charge is 0.321 e. The Labute approximate surface area is 278 Å². The van der Waals surface area contributed by atoms with E-state index in [1.165, 1.54) is 17.0 Å². The standard InChI is InChI=1S/C36H51FN4O6/c1-24-21-41(25(2)23-42)35(44)29-20-28(38-34(43)27-13-6-5-7-14-27)17-18-32(29)47-26(3)12-10-11-19-46-33(24)22-40(4)36(45)39-31-16-9-8-15-30(31)37/h8-9,15-18,20,24-27,33,42H,5-7,10-14,19,21-23H2,1-4H3,(H,38,43)(H,39,45)/t24-,25+,26-,33-/m0/s1. The minimum atomic E-state index is -0.536. The summed E-state index contributed by atoms with van der Waals surface area (Å²) >= 11 is 0. The third kappa shape index (κ3) is 10.1. The van der Waals surface area contributed by atoms with E-state index in [0.29, 0.717) is 23.6 Å². The van der Waals surface area contributed by atoms with Gasteiger partial charge in [-0.1, -0.05) is 38.3 Å². The summed E-state index contributed by atoms with van der Waals surface area (Å²) in [4.78, 5) is 43.5. The van der Waals surface area contributed by atoms with E-state index in [1.807, 2.05) is 13.8 Å². The lowest BCUT2D eigenvalue weighted by atomic mass is 9.88. The van der Waals surface area contributed by atoms with Gasteiger partial charge in [-0.15, -0.1) is 0 Å². The fourth-order valence-corrected chi connectivity index (χ4v) is 6.20. The summed E-state index contributed by atoms with van der Waals surface area (Å²) in [5.74, 6) is -0.771. The number of urea groups is 1. The number of rotatable bonds is 7. The van der Waals surface area contributed by atoms with Crippen LogP contribution in [0.1, 0.15) is 82.5 Å². The van der Waals surface area contributed by atoms with E-state index < -0.39 is 24.0 Å². The van der Waals surface area contributed by atoms with Crippen LogP contribution < -0.4 is 15.4 Å². The topological polar surface area (TPSA) is 120 Å². The normalized spacial score (nSPS) is 22.3. The number of likely N-dealkylation sites (N-methyl/N-ethyl adjacent to an activating group) is 1. The molecule has 1 heterocycles. The van der Waals surface area contributed by atoms with Crippen LogP contribution in [0.3, 0.4) is 0 Å². The Kier molecular flexibility index (Phi) is 13.4. The van der Waals surface area contributed by atoms with E-state index in [2.05, 4.69) is 10.6 Å². The van der Waals surface area contributed by atoms with E-state index in [9.17, 15) is 23.9 Å². The van der Waals surface area contributed by atoms with Gasteiger partial charge in [0.15, 0.2) is 0 Å². The molecule has 0 saturated heterocycles. The van der Waals surface area contributed by atoms with Gasteiger partial charge in [-0.05, 0) is 76.3 Å². The molecule has 1 aliphatic carbocycles. The highest BCUT2D eigenvalue weighted by Gasteiger charge is 2.31. The first-order chi connectivity index (χ1) is 22.6. The van der Waals surface area contributed by atoms with Crippen molar-refractivity contribution in [1.29, 1.82) is 0 Å². The quantitative estimate of drug-likeness (QED) is 0.322. The number of hydrogen-bond acceptors (Lipinski definition) is 6. The first-order valence-corrected chi connectivity index (χ1v) is 17.0. The molecule has 4 amide bonds. The minimum Gasteiger partial charge on any atom is -0.490 e. The number of aliphatic hydroxyl groups is 1. The van der Waals surface area contributed by atoms with Crippen molar-refractivity contribution in [3.8, 4) is 5.75 Å². The van der Waals surface area contributed by atoms with Crippen LogP contribution in [0.15, 0.2) is 42.5 Å². The van der Waals surface area contributed by atoms with Gasteiger partial charge in [0.05, 0.1) is 36.1 Å². The first kappa shape index (κ1) is 36.1. The molecule has 4 atom stereocenters. The van der Waals surface area contributed by atoms with Crippen molar-refractivity contribution in [2.45, 2.75) is 90.4 Å². The van der Waals surface area contributed by atoms with Crippen LogP contribution in [0.25, 0.3) is 0 Å². The summed E-state index contributed by atoms with van der Waals surface area (Å²) in [6, 6.07) is 10.2. The molecule has 258 valence electrons. The predicted molar refractivity (Wildman–Crippen MR) is 180 cm³/mol. The zero-order valence-corrected chi connectivity index (χ0v) is 28.2. The molecule has 0 bridgehead atoms. The molecule has 2 aromatic rings. The highest BCUT2D eigenvalue weighted by molar-refractivity contribution is 6.00. The molecular formula is C36H51FN4O6. The molecule has 47 heavy (non-hydrogen) atoms. The minimum absolute atomic E-state index is 0.0374. The third-order valence-corrected chi connectivity index (χ3v) is 9.21. The number of hydrogen-bond donors (Lipinski definition) is 3. The second-order valence-electron chi connectivity index (χ2n) is 13.1. The largest absolute Gasteiger partial charge is 0.490 e. The second kappa shape index (κ2) is 17.5. The maximum absolute atomic E-state index is 14.3. The number of carbonyl (C=O) groups excluding carboxylic acids is 3. The van der Waals surface area contributed by atoms with Gasteiger partial charge in [0.1, 0.15) is 11.6 Å². The van der Waals surface area contributed by atoms with Crippen molar-refractivity contribution in [1.82, 2.24) is 9.80 Å². The number of nitrogens with one attached hydrogen (secondary N) is 2. The zero-order valence-electron chi connectivity index (χ0n) is 28.2. The van der Waals surface area contributed by atoms with Gasteiger partial charge in [-0.2, -0.15) is 0 Å². The Balaban J connectivity index is 1.58. The highest BCUT2D eigenvalue weighted by atomic mass is 19.1. The van der Waals surface area contributed by atoms with E-state index in [4.69, 9.17) is 9.47 Å². The molecule has 1 saturated carbocycles. The Morgan fingerprint density at radius 1 is 1.04 bits per heavy atom. The van der Waals surface area contributed by atoms with Gasteiger partial charge in [-0.3, -0.25) is 9.59 Å². The van der Waals surface area contributed by atoms with E-state index >= 15 is 0 Å². The lowest BCUT2D eigenvalue weighted by Gasteiger charge is -2.35. The Morgan fingerprint density at radius 3 is 2.49 bits per heavy atom. The summed E-state index contributed by atoms with van der Waals surface area (Å²) in [5, 5.41) is 15.8. The number of para-hydroxylation sites is 1. The fraction of sp³-hybridized carbons (Fsp3) is 0.583. The number of aliphatic hydroxyl groups excluding tert-OH is 1. The second-order valence-corrected chi connectivity index (χ2v) is 13.1. The number of fused-ring (bicyclic) bond motifs is 1. The van der Waals surface area contributed by atoms with Gasteiger partial charge in [0, 0.05) is 44.3 Å². The van der Waals surface area contributed by atoms with Crippen molar-refractivity contribution >= 4 is 29.2 Å². The Morgan fingerprint density at radius 2 is 1.77 bits per heavy atom. The van der Waals surface area contributed by atoms with Gasteiger partial charge >= 0.3 is 6.03 Å². The first-order valence-electron chi connectivity index (χ1n) is 17.0. The molecule has 11 heteroatoms. The predicted octanol–water partition coefficient (Wildman–Crippen LogP) is 6.30. The maximum Gasteiger partial charge on any atom is 0.321 e. The van der Waals surface area contributed by atoms with Crippen LogP contribution in [-0.4, -0.2) is 84.4 Å². The summed E-state index contributed by atoms with van der Waals surface area (Å²) in [6.07, 6.45) is 6.65. The summed E-state index contributed by atoms with van der Waals surface area (Å²) < 4.78 is 26.8. The van der Waals surface area contributed by atoms with Crippen LogP contribution in [0.2, 0.25) is 0 Å². The molecule has 1 fully saturated rings. The lowest BCUT2D eigenvalue weighted by Crippen LogP contribution is -2.48. The molecule has 1 aliphatic heterocycles. The monoisotopic (exact) mass is 654 g/mol. The van der Waals surface area contributed by atoms with Crippen molar-refractivity contribution in [2.75, 3.05) is 44.0 Å². The molecule has 2 aliphatic rings. The van der Waals surface area contributed by atoms with Crippen molar-refractivity contribution in [2.24, 2.45) is 11.8 Å². The molecule has 0 spiro atoms. The van der Waals surface area contributed by atoms with Gasteiger partial charge in [0.25, 0.3) is 5.91 Å². The third-order valence-electron chi connectivity index (χ3n) is 9.21. The number of carbonyl (C=O) groups is 3. The Hall–Kier alpha value is -3.70. The van der Waals surface area contributed by atoms with Crippen LogP contribution in [0.4, 0.5) is 20.6 Å². The van der Waals surface area contributed by atoms with Crippen LogP contribution in [0, 0.1) is 17.7 Å². The van der Waals surface area contributed by atoms with Crippen molar-refractivity contribution in [3.63, 3.8) is 0 Å². The number of amides is 4. The molecule has 10 nitrogen and oxygen atoms in total. The summed E-state index contributed by atoms with van der Waals surface area (Å²) in [6.45, 7) is 6.29. The van der Waals surface area contributed by atoms with E-state index in [0.717, 1.165) is 51.4 Å². The number of halogens is 1. The molecular weight excluding hydrogens is 603 g/mol. The summed E-state index contributed by atoms with van der Waals surface area (Å²) in [7, 11) is 1.62. The lowest BCUT2D eigenvalue weighted by molar-refractivity contribution is -0.120. The number of benzene rings is 2. The highest BCUT2D eigenvalue weighted by Crippen LogP contribution is 2.30. The van der Waals surface area contributed by atoms with Crippen molar-refractivity contribution < 1.29 is 33.4 Å².